The monoisotopic (exact) mass is 185 g/mol. The fourth-order valence-corrected chi connectivity index (χ4v) is 1.72. The van der Waals surface area contributed by atoms with Crippen LogP contribution >= 0.6 is 0 Å². The van der Waals surface area contributed by atoms with Crippen molar-refractivity contribution >= 4 is 5.70 Å². The molecule has 0 aliphatic carbocycles. The molecule has 0 radical (unpaired) electrons. The molecule has 0 atom stereocenters. The Labute approximate surface area is 85.4 Å². The van der Waals surface area contributed by atoms with E-state index in [0.717, 1.165) is 6.54 Å². The highest BCUT2D eigenvalue weighted by Gasteiger charge is 2.07. The van der Waals surface area contributed by atoms with Crippen LogP contribution in [0, 0.1) is 6.92 Å². The van der Waals surface area contributed by atoms with Crippen LogP contribution in [0.2, 0.25) is 0 Å². The largest absolute Gasteiger partial charge is 0.370 e. The third-order valence-corrected chi connectivity index (χ3v) is 2.49. The lowest BCUT2D eigenvalue weighted by Crippen LogP contribution is -2.18. The van der Waals surface area contributed by atoms with E-state index in [1.54, 1.807) is 0 Å². The molecule has 1 aliphatic heterocycles. The lowest BCUT2D eigenvalue weighted by atomic mass is 10.1. The van der Waals surface area contributed by atoms with Gasteiger partial charge in [0, 0.05) is 19.3 Å². The summed E-state index contributed by atoms with van der Waals surface area (Å²) < 4.78 is 0. The van der Waals surface area contributed by atoms with Gasteiger partial charge in [0.1, 0.15) is 0 Å². The quantitative estimate of drug-likeness (QED) is 0.650. The summed E-state index contributed by atoms with van der Waals surface area (Å²) in [6.07, 6.45) is 6.45. The number of rotatable bonds is 1. The molecule has 1 aromatic carbocycles. The molecule has 0 aromatic heterocycles. The molecule has 1 heteroatoms. The average molecular weight is 185 g/mol. The van der Waals surface area contributed by atoms with E-state index in [2.05, 4.69) is 61.4 Å². The number of allylic oxidation sites excluding steroid dienone is 2. The first-order valence-electron chi connectivity index (χ1n) is 4.92. The Morgan fingerprint density at radius 3 is 2.86 bits per heavy atom. The van der Waals surface area contributed by atoms with E-state index in [1.165, 1.54) is 16.8 Å². The van der Waals surface area contributed by atoms with Crippen molar-refractivity contribution in [3.8, 4) is 0 Å². The molecule has 0 N–H and O–H groups in total. The molecule has 0 saturated carbocycles. The average Bonchev–Trinajstić information content (AvgIpc) is 2.18. The third kappa shape index (κ3) is 1.72. The van der Waals surface area contributed by atoms with E-state index in [-0.39, 0.29) is 0 Å². The third-order valence-electron chi connectivity index (χ3n) is 2.49. The van der Waals surface area contributed by atoms with Gasteiger partial charge in [0.15, 0.2) is 0 Å². The number of aryl methyl sites for hydroxylation is 1. The van der Waals surface area contributed by atoms with Crippen LogP contribution in [0.5, 0.6) is 0 Å². The molecule has 0 unspecified atom stereocenters. The topological polar surface area (TPSA) is 3.24 Å². The zero-order chi connectivity index (χ0) is 9.97. The minimum absolute atomic E-state index is 1.000. The predicted octanol–water partition coefficient (Wildman–Crippen LogP) is 2.84. The second-order valence-electron chi connectivity index (χ2n) is 3.73. The normalized spacial score (nSPS) is 15.6. The summed E-state index contributed by atoms with van der Waals surface area (Å²) in [7, 11) is 2.12. The molecule has 1 heterocycles. The number of nitrogens with zero attached hydrogens (tertiary/aromatic N) is 1. The maximum Gasteiger partial charge on any atom is 0.0440 e. The SMILES string of the molecule is Cc1cccc(C2=CC=CCN2C)c1. The van der Waals surface area contributed by atoms with E-state index in [1.807, 2.05) is 0 Å². The molecule has 1 aromatic rings. The van der Waals surface area contributed by atoms with Crippen molar-refractivity contribution in [2.24, 2.45) is 0 Å². The van der Waals surface area contributed by atoms with Crippen LogP contribution in [-0.2, 0) is 0 Å². The molecular formula is C13H15N. The van der Waals surface area contributed by atoms with Crippen LogP contribution in [0.15, 0.2) is 42.5 Å². The molecule has 0 saturated heterocycles. The predicted molar refractivity (Wildman–Crippen MR) is 60.9 cm³/mol. The van der Waals surface area contributed by atoms with E-state index in [4.69, 9.17) is 0 Å². The van der Waals surface area contributed by atoms with Crippen LogP contribution < -0.4 is 0 Å². The Bertz CT molecular complexity index is 388. The van der Waals surface area contributed by atoms with Gasteiger partial charge in [-0.2, -0.15) is 0 Å². The van der Waals surface area contributed by atoms with E-state index in [0.29, 0.717) is 0 Å². The molecule has 0 spiro atoms. The van der Waals surface area contributed by atoms with Crippen molar-refractivity contribution in [2.45, 2.75) is 6.92 Å². The number of hydrogen-bond donors (Lipinski definition) is 0. The zero-order valence-electron chi connectivity index (χ0n) is 8.70. The van der Waals surface area contributed by atoms with Gasteiger partial charge in [0.25, 0.3) is 0 Å². The van der Waals surface area contributed by atoms with Crippen molar-refractivity contribution in [3.05, 3.63) is 53.6 Å². The summed E-state index contributed by atoms with van der Waals surface area (Å²) in [5.74, 6) is 0. The maximum atomic E-state index is 2.26. The molecular weight excluding hydrogens is 170 g/mol. The van der Waals surface area contributed by atoms with Gasteiger partial charge in [-0.25, -0.2) is 0 Å². The highest BCUT2D eigenvalue weighted by Crippen LogP contribution is 2.20. The Hall–Kier alpha value is -1.50. The van der Waals surface area contributed by atoms with Gasteiger partial charge in [-0.15, -0.1) is 0 Å². The van der Waals surface area contributed by atoms with Gasteiger partial charge < -0.3 is 4.90 Å². The zero-order valence-corrected chi connectivity index (χ0v) is 8.70. The molecule has 2 rings (SSSR count). The lowest BCUT2D eigenvalue weighted by molar-refractivity contribution is 0.531. The summed E-state index contributed by atoms with van der Waals surface area (Å²) in [4.78, 5) is 2.26. The first-order chi connectivity index (χ1) is 6.77. The second-order valence-corrected chi connectivity index (χ2v) is 3.73. The van der Waals surface area contributed by atoms with Crippen LogP contribution in [-0.4, -0.2) is 18.5 Å². The van der Waals surface area contributed by atoms with E-state index < -0.39 is 0 Å². The summed E-state index contributed by atoms with van der Waals surface area (Å²) in [6.45, 7) is 3.13. The molecule has 1 aliphatic rings. The van der Waals surface area contributed by atoms with Gasteiger partial charge in [0.2, 0.25) is 0 Å². The van der Waals surface area contributed by atoms with Gasteiger partial charge in [-0.3, -0.25) is 0 Å². The summed E-state index contributed by atoms with van der Waals surface area (Å²) >= 11 is 0. The van der Waals surface area contributed by atoms with Crippen molar-refractivity contribution in [1.82, 2.24) is 4.90 Å². The van der Waals surface area contributed by atoms with Crippen molar-refractivity contribution in [2.75, 3.05) is 13.6 Å². The fraction of sp³-hybridized carbons (Fsp3) is 0.231. The first kappa shape index (κ1) is 9.07. The first-order valence-corrected chi connectivity index (χ1v) is 4.92. The van der Waals surface area contributed by atoms with E-state index >= 15 is 0 Å². The second kappa shape index (κ2) is 3.70. The Morgan fingerprint density at radius 2 is 2.14 bits per heavy atom. The Balaban J connectivity index is 2.39. The summed E-state index contributed by atoms with van der Waals surface area (Å²) in [5, 5.41) is 0. The van der Waals surface area contributed by atoms with Gasteiger partial charge >= 0.3 is 0 Å². The smallest absolute Gasteiger partial charge is 0.0440 e. The lowest BCUT2D eigenvalue weighted by Gasteiger charge is -2.23. The molecule has 72 valence electrons. The highest BCUT2D eigenvalue weighted by molar-refractivity contribution is 5.67. The van der Waals surface area contributed by atoms with Crippen molar-refractivity contribution in [1.29, 1.82) is 0 Å². The standard InChI is InChI=1S/C13H15N/c1-11-6-5-7-12(10-11)13-8-3-4-9-14(13)2/h3-8,10H,9H2,1-2H3. The van der Waals surface area contributed by atoms with Crippen LogP contribution in [0.25, 0.3) is 5.70 Å². The summed E-state index contributed by atoms with van der Waals surface area (Å²) in [6, 6.07) is 8.62. The van der Waals surface area contributed by atoms with Gasteiger partial charge in [0.05, 0.1) is 0 Å². The molecule has 0 fully saturated rings. The molecule has 14 heavy (non-hydrogen) atoms. The van der Waals surface area contributed by atoms with Crippen LogP contribution in [0.4, 0.5) is 0 Å². The molecule has 1 nitrogen and oxygen atoms in total. The van der Waals surface area contributed by atoms with E-state index in [9.17, 15) is 0 Å². The Kier molecular flexibility index (Phi) is 2.40. The summed E-state index contributed by atoms with van der Waals surface area (Å²) in [5.41, 5.74) is 3.92. The number of hydrogen-bond acceptors (Lipinski definition) is 1. The maximum absolute atomic E-state index is 2.26. The van der Waals surface area contributed by atoms with Crippen LogP contribution in [0.1, 0.15) is 11.1 Å². The molecule has 0 amide bonds. The van der Waals surface area contributed by atoms with Crippen molar-refractivity contribution in [3.63, 3.8) is 0 Å². The number of benzene rings is 1. The van der Waals surface area contributed by atoms with Crippen LogP contribution in [0.3, 0.4) is 0 Å². The number of likely N-dealkylation sites (N-methyl/N-ethyl adjacent to an activating group) is 1. The fourth-order valence-electron chi connectivity index (χ4n) is 1.72. The highest BCUT2D eigenvalue weighted by atomic mass is 15.1. The minimum atomic E-state index is 1.000. The Morgan fingerprint density at radius 1 is 1.29 bits per heavy atom. The minimum Gasteiger partial charge on any atom is -0.370 e. The molecule has 0 bridgehead atoms. The van der Waals surface area contributed by atoms with Crippen molar-refractivity contribution < 1.29 is 0 Å². The van der Waals surface area contributed by atoms with Gasteiger partial charge in [-0.05, 0) is 24.6 Å². The van der Waals surface area contributed by atoms with Gasteiger partial charge in [-0.1, -0.05) is 35.9 Å².